The van der Waals surface area contributed by atoms with Crippen molar-refractivity contribution in [2.24, 2.45) is 5.92 Å². The number of amides is 2. The SMILES string of the molecule is CCC(CC)C(CNC(=O)NCc1ccc(C(=O)OC)cc1)N1CCCC1. The molecule has 0 radical (unpaired) electrons. The molecule has 0 aromatic heterocycles. The molecule has 2 rings (SSSR count). The molecule has 1 saturated heterocycles. The maximum absolute atomic E-state index is 12.2. The van der Waals surface area contributed by atoms with Crippen LogP contribution in [0.2, 0.25) is 0 Å². The molecular weight excluding hydrogens is 342 g/mol. The molecule has 1 unspecified atom stereocenters. The first-order chi connectivity index (χ1) is 13.1. The Bertz CT molecular complexity index is 591. The summed E-state index contributed by atoms with van der Waals surface area (Å²) in [6.45, 7) is 7.84. The van der Waals surface area contributed by atoms with E-state index < -0.39 is 0 Å². The molecule has 1 aromatic rings. The minimum atomic E-state index is -0.360. The molecule has 150 valence electrons. The van der Waals surface area contributed by atoms with Crippen molar-refractivity contribution >= 4 is 12.0 Å². The number of benzene rings is 1. The van der Waals surface area contributed by atoms with Crippen molar-refractivity contribution in [1.29, 1.82) is 0 Å². The molecule has 1 aromatic carbocycles. The van der Waals surface area contributed by atoms with Gasteiger partial charge < -0.3 is 15.4 Å². The van der Waals surface area contributed by atoms with E-state index in [1.807, 2.05) is 12.1 Å². The number of likely N-dealkylation sites (tertiary alicyclic amines) is 1. The van der Waals surface area contributed by atoms with Gasteiger partial charge in [0.1, 0.15) is 0 Å². The van der Waals surface area contributed by atoms with Gasteiger partial charge in [-0.3, -0.25) is 4.90 Å². The largest absolute Gasteiger partial charge is 0.465 e. The predicted octanol–water partition coefficient (Wildman–Crippen LogP) is 3.17. The number of methoxy groups -OCH3 is 1. The van der Waals surface area contributed by atoms with Crippen molar-refractivity contribution in [2.75, 3.05) is 26.7 Å². The van der Waals surface area contributed by atoms with E-state index in [9.17, 15) is 9.59 Å². The van der Waals surface area contributed by atoms with Gasteiger partial charge in [-0.2, -0.15) is 0 Å². The van der Waals surface area contributed by atoms with Crippen LogP contribution in [0.1, 0.15) is 55.5 Å². The Kier molecular flexibility index (Phi) is 8.58. The second-order valence-corrected chi connectivity index (χ2v) is 7.14. The highest BCUT2D eigenvalue weighted by Crippen LogP contribution is 2.22. The molecule has 0 aliphatic carbocycles. The first kappa shape index (κ1) is 21.2. The summed E-state index contributed by atoms with van der Waals surface area (Å²) in [5.41, 5.74) is 1.44. The Morgan fingerprint density at radius 3 is 2.26 bits per heavy atom. The normalized spacial score (nSPS) is 15.6. The maximum Gasteiger partial charge on any atom is 0.337 e. The topological polar surface area (TPSA) is 70.7 Å². The van der Waals surface area contributed by atoms with Crippen LogP contribution < -0.4 is 10.6 Å². The predicted molar refractivity (Wildman–Crippen MR) is 107 cm³/mol. The molecule has 2 amide bonds. The van der Waals surface area contributed by atoms with Crippen LogP contribution in [0.5, 0.6) is 0 Å². The third-order valence-electron chi connectivity index (χ3n) is 5.50. The van der Waals surface area contributed by atoms with Crippen molar-refractivity contribution in [3.8, 4) is 0 Å². The molecule has 0 saturated carbocycles. The highest BCUT2D eigenvalue weighted by atomic mass is 16.5. The zero-order valence-corrected chi connectivity index (χ0v) is 16.8. The van der Waals surface area contributed by atoms with Gasteiger partial charge in [0.2, 0.25) is 0 Å². The van der Waals surface area contributed by atoms with E-state index in [4.69, 9.17) is 0 Å². The monoisotopic (exact) mass is 375 g/mol. The fraction of sp³-hybridized carbons (Fsp3) is 0.619. The van der Waals surface area contributed by atoms with Crippen LogP contribution in [0.4, 0.5) is 4.79 Å². The Hall–Kier alpha value is -2.08. The quantitative estimate of drug-likeness (QED) is 0.651. The minimum Gasteiger partial charge on any atom is -0.465 e. The van der Waals surface area contributed by atoms with Gasteiger partial charge in [0.15, 0.2) is 0 Å². The second-order valence-electron chi connectivity index (χ2n) is 7.14. The molecule has 1 heterocycles. The molecule has 1 atom stereocenters. The number of hydrogen-bond acceptors (Lipinski definition) is 4. The van der Waals surface area contributed by atoms with Crippen molar-refractivity contribution in [3.05, 3.63) is 35.4 Å². The lowest BCUT2D eigenvalue weighted by Gasteiger charge is -2.33. The average molecular weight is 376 g/mol. The third-order valence-corrected chi connectivity index (χ3v) is 5.50. The van der Waals surface area contributed by atoms with Gasteiger partial charge in [0.05, 0.1) is 12.7 Å². The standard InChI is InChI=1S/C21H33N3O3/c1-4-17(5-2)19(24-12-6-7-13-24)15-23-21(26)22-14-16-8-10-18(11-9-16)20(25)27-3/h8-11,17,19H,4-7,12-15H2,1-3H3,(H2,22,23,26). The zero-order chi connectivity index (χ0) is 19.6. The molecule has 6 heteroatoms. The zero-order valence-electron chi connectivity index (χ0n) is 16.8. The van der Waals surface area contributed by atoms with Crippen molar-refractivity contribution in [3.63, 3.8) is 0 Å². The van der Waals surface area contributed by atoms with Gasteiger partial charge in [-0.25, -0.2) is 9.59 Å². The highest BCUT2D eigenvalue weighted by Gasteiger charge is 2.27. The van der Waals surface area contributed by atoms with Crippen LogP contribution >= 0.6 is 0 Å². The number of carbonyl (C=O) groups excluding carboxylic acids is 2. The number of nitrogens with one attached hydrogen (secondary N) is 2. The van der Waals surface area contributed by atoms with Crippen LogP contribution in [0, 0.1) is 5.92 Å². The fourth-order valence-electron chi connectivity index (χ4n) is 3.82. The van der Waals surface area contributed by atoms with Gasteiger partial charge in [-0.05, 0) is 49.5 Å². The smallest absolute Gasteiger partial charge is 0.337 e. The lowest BCUT2D eigenvalue weighted by Crippen LogP contribution is -2.48. The second kappa shape index (κ2) is 10.9. The Morgan fingerprint density at radius 2 is 1.70 bits per heavy atom. The number of carbonyl (C=O) groups is 2. The van der Waals surface area contributed by atoms with Crippen molar-refractivity contribution in [1.82, 2.24) is 15.5 Å². The number of nitrogens with zero attached hydrogens (tertiary/aromatic N) is 1. The van der Waals surface area contributed by atoms with Crippen LogP contribution in [0.3, 0.4) is 0 Å². The van der Waals surface area contributed by atoms with Gasteiger partial charge in [-0.15, -0.1) is 0 Å². The first-order valence-electron chi connectivity index (χ1n) is 10.0. The summed E-state index contributed by atoms with van der Waals surface area (Å²) in [7, 11) is 1.36. The van der Waals surface area contributed by atoms with E-state index in [-0.39, 0.29) is 12.0 Å². The summed E-state index contributed by atoms with van der Waals surface area (Å²) < 4.78 is 4.69. The first-order valence-corrected chi connectivity index (χ1v) is 10.0. The molecule has 1 aliphatic heterocycles. The van der Waals surface area contributed by atoms with Gasteiger partial charge in [0, 0.05) is 19.1 Å². The molecule has 0 bridgehead atoms. The summed E-state index contributed by atoms with van der Waals surface area (Å²) in [6.07, 6.45) is 4.77. The molecule has 1 aliphatic rings. The maximum atomic E-state index is 12.2. The molecule has 6 nitrogen and oxygen atoms in total. The van der Waals surface area contributed by atoms with E-state index in [1.54, 1.807) is 12.1 Å². The summed E-state index contributed by atoms with van der Waals surface area (Å²) in [6, 6.07) is 7.32. The number of rotatable bonds is 9. The lowest BCUT2D eigenvalue weighted by atomic mass is 9.93. The molecule has 27 heavy (non-hydrogen) atoms. The highest BCUT2D eigenvalue weighted by molar-refractivity contribution is 5.89. The number of hydrogen-bond donors (Lipinski definition) is 2. The van der Waals surface area contributed by atoms with E-state index in [0.29, 0.717) is 30.6 Å². The third kappa shape index (κ3) is 6.24. The van der Waals surface area contributed by atoms with E-state index >= 15 is 0 Å². The van der Waals surface area contributed by atoms with Crippen LogP contribution in [-0.4, -0.2) is 49.7 Å². The number of esters is 1. The minimum absolute atomic E-state index is 0.151. The summed E-state index contributed by atoms with van der Waals surface area (Å²) in [5.74, 6) is 0.246. The van der Waals surface area contributed by atoms with E-state index in [0.717, 1.165) is 31.5 Å². The van der Waals surface area contributed by atoms with Crippen LogP contribution in [0.25, 0.3) is 0 Å². The molecule has 1 fully saturated rings. The summed E-state index contributed by atoms with van der Waals surface area (Å²) in [4.78, 5) is 26.2. The Labute approximate surface area is 162 Å². The summed E-state index contributed by atoms with van der Waals surface area (Å²) >= 11 is 0. The molecular formula is C21H33N3O3. The van der Waals surface area contributed by atoms with E-state index in [1.165, 1.54) is 20.0 Å². The molecule has 0 spiro atoms. The van der Waals surface area contributed by atoms with Crippen LogP contribution in [0.15, 0.2) is 24.3 Å². The summed E-state index contributed by atoms with van der Waals surface area (Å²) in [5, 5.41) is 5.95. The fourth-order valence-corrected chi connectivity index (χ4v) is 3.82. The average Bonchev–Trinajstić information content (AvgIpc) is 3.23. The van der Waals surface area contributed by atoms with Crippen LogP contribution in [-0.2, 0) is 11.3 Å². The van der Waals surface area contributed by atoms with Gasteiger partial charge in [-0.1, -0.05) is 38.8 Å². The Morgan fingerprint density at radius 1 is 1.07 bits per heavy atom. The number of ether oxygens (including phenoxy) is 1. The van der Waals surface area contributed by atoms with E-state index in [2.05, 4.69) is 34.1 Å². The molecule has 2 N–H and O–H groups in total. The van der Waals surface area contributed by atoms with Gasteiger partial charge >= 0.3 is 12.0 Å². The van der Waals surface area contributed by atoms with Crippen molar-refractivity contribution < 1.29 is 14.3 Å². The van der Waals surface area contributed by atoms with Gasteiger partial charge in [0.25, 0.3) is 0 Å². The number of urea groups is 1. The Balaban J connectivity index is 1.82. The van der Waals surface area contributed by atoms with Crippen molar-refractivity contribution in [2.45, 2.75) is 52.1 Å². The lowest BCUT2D eigenvalue weighted by molar-refractivity contribution is 0.0600.